The van der Waals surface area contributed by atoms with Gasteiger partial charge in [-0.1, -0.05) is 21.3 Å². The van der Waals surface area contributed by atoms with Gasteiger partial charge in [0.1, 0.15) is 17.1 Å². The largest absolute Gasteiger partial charge is 0.497 e. The molecule has 1 aromatic heterocycles. The van der Waals surface area contributed by atoms with Gasteiger partial charge in [-0.15, -0.1) is 0 Å². The van der Waals surface area contributed by atoms with E-state index in [-0.39, 0.29) is 13.2 Å². The molecule has 2 aromatic carbocycles. The Hall–Kier alpha value is -2.82. The summed E-state index contributed by atoms with van der Waals surface area (Å²) in [5, 5.41) is 0.715. The van der Waals surface area contributed by atoms with Crippen LogP contribution in [0.4, 0.5) is 4.39 Å². The molecule has 1 heterocycles. The van der Waals surface area contributed by atoms with Crippen LogP contribution in [0.5, 0.6) is 11.5 Å². The number of hydrogen-bond donors (Lipinski definition) is 0. The lowest BCUT2D eigenvalue weighted by molar-refractivity contribution is 0.112. The molecule has 0 spiro atoms. The van der Waals surface area contributed by atoms with E-state index in [1.807, 2.05) is 13.8 Å². The highest BCUT2D eigenvalue weighted by Crippen LogP contribution is 2.33. The monoisotopic (exact) mass is 346 g/mol. The maximum Gasteiger partial charge on any atom is 0.165 e. The minimum atomic E-state index is -0.478. The normalized spacial score (nSPS) is 9.64. The van der Waals surface area contributed by atoms with Crippen LogP contribution in [0.15, 0.2) is 40.8 Å². The van der Waals surface area contributed by atoms with Crippen LogP contribution in [0.1, 0.15) is 31.6 Å². The highest BCUT2D eigenvalue weighted by molar-refractivity contribution is 5.97. The lowest BCUT2D eigenvalue weighted by atomic mass is 10.1. The first-order chi connectivity index (χ1) is 11.7. The number of hydrogen-bond acceptors (Lipinski definition) is 4. The Bertz CT molecular complexity index is 852. The van der Waals surface area contributed by atoms with Gasteiger partial charge >= 0.3 is 0 Å². The molecule has 3 aromatic rings. The number of halogens is 1. The van der Waals surface area contributed by atoms with Crippen LogP contribution in [0, 0.1) is 5.82 Å². The molecule has 134 valence electrons. The number of methoxy groups -OCH3 is 2. The SMILES string of the molecule is C.CC.COc1cc(C=O)c2oc(-c3ccc(OC)c(F)c3)cc2c1. The molecule has 0 atom stereocenters. The smallest absolute Gasteiger partial charge is 0.165 e. The van der Waals surface area contributed by atoms with Crippen molar-refractivity contribution in [3.63, 3.8) is 0 Å². The number of aldehydes is 1. The van der Waals surface area contributed by atoms with E-state index in [1.165, 1.54) is 26.4 Å². The first-order valence-electron chi connectivity index (χ1n) is 7.57. The van der Waals surface area contributed by atoms with Gasteiger partial charge in [-0.2, -0.15) is 0 Å². The van der Waals surface area contributed by atoms with Crippen molar-refractivity contribution in [2.24, 2.45) is 0 Å². The van der Waals surface area contributed by atoms with Crippen LogP contribution < -0.4 is 9.47 Å². The van der Waals surface area contributed by atoms with Crippen LogP contribution in [-0.2, 0) is 0 Å². The maximum absolute atomic E-state index is 13.8. The molecule has 0 bridgehead atoms. The zero-order chi connectivity index (χ0) is 17.7. The van der Waals surface area contributed by atoms with Crippen molar-refractivity contribution in [3.8, 4) is 22.8 Å². The van der Waals surface area contributed by atoms with E-state index in [2.05, 4.69) is 0 Å². The van der Waals surface area contributed by atoms with Gasteiger partial charge in [-0.25, -0.2) is 4.39 Å². The molecule has 5 heteroatoms. The lowest BCUT2D eigenvalue weighted by Crippen LogP contribution is -1.87. The molecule has 3 rings (SSSR count). The second kappa shape index (κ2) is 8.87. The van der Waals surface area contributed by atoms with Crippen LogP contribution in [0.25, 0.3) is 22.3 Å². The topological polar surface area (TPSA) is 48.7 Å². The minimum Gasteiger partial charge on any atom is -0.497 e. The zero-order valence-electron chi connectivity index (χ0n) is 14.1. The molecule has 0 saturated heterocycles. The van der Waals surface area contributed by atoms with Crippen LogP contribution >= 0.6 is 0 Å². The summed E-state index contributed by atoms with van der Waals surface area (Å²) in [5.41, 5.74) is 1.39. The van der Waals surface area contributed by atoms with E-state index >= 15 is 0 Å². The molecule has 0 radical (unpaired) electrons. The summed E-state index contributed by atoms with van der Waals surface area (Å²) in [7, 11) is 2.93. The number of ether oxygens (including phenoxy) is 2. The number of carbonyl (C=O) groups is 1. The Kier molecular flexibility index (Phi) is 7.18. The van der Waals surface area contributed by atoms with E-state index in [0.717, 1.165) is 0 Å². The Labute approximate surface area is 147 Å². The summed E-state index contributed by atoms with van der Waals surface area (Å²) < 4.78 is 29.6. The van der Waals surface area contributed by atoms with Crippen molar-refractivity contribution in [1.82, 2.24) is 0 Å². The van der Waals surface area contributed by atoms with Crippen molar-refractivity contribution < 1.29 is 23.1 Å². The second-order valence-corrected chi connectivity index (χ2v) is 4.71. The number of carbonyl (C=O) groups excluding carboxylic acids is 1. The van der Waals surface area contributed by atoms with E-state index in [0.29, 0.717) is 39.9 Å². The maximum atomic E-state index is 13.8. The fourth-order valence-corrected chi connectivity index (χ4v) is 2.32. The van der Waals surface area contributed by atoms with E-state index in [1.54, 1.807) is 24.3 Å². The molecule has 0 aliphatic heterocycles. The highest BCUT2D eigenvalue weighted by atomic mass is 19.1. The Balaban J connectivity index is 0.00000101. The van der Waals surface area contributed by atoms with Crippen molar-refractivity contribution in [3.05, 3.63) is 47.8 Å². The van der Waals surface area contributed by atoms with Crippen molar-refractivity contribution in [1.29, 1.82) is 0 Å². The van der Waals surface area contributed by atoms with Gasteiger partial charge < -0.3 is 13.9 Å². The average Bonchev–Trinajstić information content (AvgIpc) is 3.06. The van der Waals surface area contributed by atoms with Gasteiger partial charge in [0.05, 0.1) is 19.8 Å². The summed E-state index contributed by atoms with van der Waals surface area (Å²) in [5.74, 6) is 0.708. The van der Waals surface area contributed by atoms with Crippen molar-refractivity contribution >= 4 is 17.3 Å². The Morgan fingerprint density at radius 1 is 1.04 bits per heavy atom. The molecule has 0 aliphatic rings. The molecule has 0 saturated carbocycles. The molecule has 25 heavy (non-hydrogen) atoms. The number of benzene rings is 2. The van der Waals surface area contributed by atoms with Gasteiger partial charge in [0.25, 0.3) is 0 Å². The number of rotatable bonds is 4. The standard InChI is InChI=1S/C17H13FO4.C2H6.CH4/c1-20-13-5-11-8-16(22-17(11)12(6-13)9-19)10-3-4-15(21-2)14(18)7-10;1-2;/h3-9H,1-2H3;1-2H3;1H4. The molecular formula is C20H23FO4. The average molecular weight is 346 g/mol. The fourth-order valence-electron chi connectivity index (χ4n) is 2.32. The number of fused-ring (bicyclic) bond motifs is 1. The molecule has 0 fully saturated rings. The summed E-state index contributed by atoms with van der Waals surface area (Å²) >= 11 is 0. The van der Waals surface area contributed by atoms with Gasteiger partial charge in [-0.05, 0) is 36.4 Å². The zero-order valence-corrected chi connectivity index (χ0v) is 14.1. The van der Waals surface area contributed by atoms with Crippen molar-refractivity contribution in [2.75, 3.05) is 14.2 Å². The third-order valence-corrected chi connectivity index (χ3v) is 3.42. The molecule has 0 amide bonds. The van der Waals surface area contributed by atoms with Gasteiger partial charge in [0, 0.05) is 10.9 Å². The van der Waals surface area contributed by atoms with Crippen LogP contribution in [0.2, 0.25) is 0 Å². The molecular weight excluding hydrogens is 323 g/mol. The molecule has 0 N–H and O–H groups in total. The van der Waals surface area contributed by atoms with E-state index in [9.17, 15) is 9.18 Å². The predicted octanol–water partition coefficient (Wildman–Crippen LogP) is 5.73. The first-order valence-corrected chi connectivity index (χ1v) is 7.57. The van der Waals surface area contributed by atoms with Crippen molar-refractivity contribution in [2.45, 2.75) is 21.3 Å². The summed E-state index contributed by atoms with van der Waals surface area (Å²) in [6.45, 7) is 4.00. The Morgan fingerprint density at radius 3 is 2.32 bits per heavy atom. The molecule has 4 nitrogen and oxygen atoms in total. The molecule has 0 aliphatic carbocycles. The Morgan fingerprint density at radius 2 is 1.76 bits per heavy atom. The van der Waals surface area contributed by atoms with Gasteiger partial charge in [0.2, 0.25) is 0 Å². The quantitative estimate of drug-likeness (QED) is 0.566. The first kappa shape index (κ1) is 20.2. The minimum absolute atomic E-state index is 0. The predicted molar refractivity (Wildman–Crippen MR) is 98.2 cm³/mol. The lowest BCUT2D eigenvalue weighted by Gasteiger charge is -2.03. The summed E-state index contributed by atoms with van der Waals surface area (Å²) in [6.07, 6.45) is 0.701. The van der Waals surface area contributed by atoms with Gasteiger partial charge in [-0.3, -0.25) is 4.79 Å². The third kappa shape index (κ3) is 3.99. The fraction of sp³-hybridized carbons (Fsp3) is 0.250. The van der Waals surface area contributed by atoms with Crippen LogP contribution in [-0.4, -0.2) is 20.5 Å². The van der Waals surface area contributed by atoms with Crippen LogP contribution in [0.3, 0.4) is 0 Å². The van der Waals surface area contributed by atoms with E-state index in [4.69, 9.17) is 13.9 Å². The second-order valence-electron chi connectivity index (χ2n) is 4.71. The summed E-state index contributed by atoms with van der Waals surface area (Å²) in [6, 6.07) is 9.64. The summed E-state index contributed by atoms with van der Waals surface area (Å²) in [4.78, 5) is 11.2. The third-order valence-electron chi connectivity index (χ3n) is 3.42. The van der Waals surface area contributed by atoms with E-state index < -0.39 is 5.82 Å². The number of furan rings is 1. The molecule has 0 unspecified atom stereocenters. The highest BCUT2D eigenvalue weighted by Gasteiger charge is 2.13. The van der Waals surface area contributed by atoms with Gasteiger partial charge in [0.15, 0.2) is 17.9 Å².